The van der Waals surface area contributed by atoms with Crippen LogP contribution in [0.2, 0.25) is 5.02 Å². The summed E-state index contributed by atoms with van der Waals surface area (Å²) < 4.78 is 11.0. The van der Waals surface area contributed by atoms with Crippen molar-refractivity contribution in [3.63, 3.8) is 0 Å². The summed E-state index contributed by atoms with van der Waals surface area (Å²) in [6.07, 6.45) is 0.620. The number of aliphatic hydroxyl groups excluding tert-OH is 1. The van der Waals surface area contributed by atoms with Gasteiger partial charge < -0.3 is 24.6 Å². The molecule has 0 spiro atoms. The summed E-state index contributed by atoms with van der Waals surface area (Å²) in [7, 11) is 0. The normalized spacial score (nSPS) is 17.6. The minimum absolute atomic E-state index is 0.0404. The molecule has 2 N–H and O–H groups in total. The SMILES string of the molecule is CCCN1C(=O)C(=O)/C(=C(\O)c2ccc(Cl)c(OCC)c2)C1c1ccc(O)c(OCC)c1. The summed E-state index contributed by atoms with van der Waals surface area (Å²) in [5, 5.41) is 21.6. The molecule has 0 aromatic heterocycles. The molecule has 1 amide bonds. The Morgan fingerprint density at radius 1 is 1.03 bits per heavy atom. The number of phenols is 1. The Morgan fingerprint density at radius 3 is 2.38 bits per heavy atom. The van der Waals surface area contributed by atoms with Crippen LogP contribution in [0.4, 0.5) is 0 Å². The molecule has 0 bridgehead atoms. The molecule has 8 heteroatoms. The highest BCUT2D eigenvalue weighted by atomic mass is 35.5. The van der Waals surface area contributed by atoms with E-state index in [4.69, 9.17) is 21.1 Å². The molecular weight excluding hydrogens is 434 g/mol. The van der Waals surface area contributed by atoms with Crippen molar-refractivity contribution in [2.24, 2.45) is 0 Å². The third-order valence-electron chi connectivity index (χ3n) is 5.11. The Kier molecular flexibility index (Phi) is 7.30. The molecule has 1 atom stereocenters. The van der Waals surface area contributed by atoms with Crippen molar-refractivity contribution in [1.82, 2.24) is 4.90 Å². The Bertz CT molecular complexity index is 1060. The fourth-order valence-corrected chi connectivity index (χ4v) is 3.91. The average molecular weight is 460 g/mol. The molecule has 2 aromatic rings. The highest BCUT2D eigenvalue weighted by Crippen LogP contribution is 2.42. The number of rotatable bonds is 8. The van der Waals surface area contributed by atoms with Crippen LogP contribution in [-0.2, 0) is 9.59 Å². The molecule has 0 aliphatic carbocycles. The van der Waals surface area contributed by atoms with E-state index in [1.54, 1.807) is 38.1 Å². The van der Waals surface area contributed by atoms with Gasteiger partial charge in [-0.1, -0.05) is 24.6 Å². The van der Waals surface area contributed by atoms with E-state index < -0.39 is 17.7 Å². The van der Waals surface area contributed by atoms with Crippen LogP contribution < -0.4 is 9.47 Å². The van der Waals surface area contributed by atoms with Gasteiger partial charge in [-0.2, -0.15) is 0 Å². The number of aromatic hydroxyl groups is 1. The van der Waals surface area contributed by atoms with Crippen LogP contribution in [0.5, 0.6) is 17.2 Å². The maximum absolute atomic E-state index is 13.0. The van der Waals surface area contributed by atoms with Crippen LogP contribution in [-0.4, -0.2) is 46.6 Å². The van der Waals surface area contributed by atoms with Crippen LogP contribution in [0, 0.1) is 0 Å². The number of ether oxygens (including phenoxy) is 2. The molecule has 1 fully saturated rings. The number of ketones is 1. The zero-order valence-electron chi connectivity index (χ0n) is 18.2. The number of amides is 1. The highest BCUT2D eigenvalue weighted by molar-refractivity contribution is 6.46. The van der Waals surface area contributed by atoms with Gasteiger partial charge >= 0.3 is 0 Å². The highest BCUT2D eigenvalue weighted by Gasteiger charge is 2.45. The largest absolute Gasteiger partial charge is 0.507 e. The van der Waals surface area contributed by atoms with Crippen molar-refractivity contribution in [3.8, 4) is 17.2 Å². The van der Waals surface area contributed by atoms with Crippen molar-refractivity contribution in [2.45, 2.75) is 33.2 Å². The van der Waals surface area contributed by atoms with Crippen LogP contribution in [0.1, 0.15) is 44.4 Å². The van der Waals surface area contributed by atoms with Crippen LogP contribution in [0.15, 0.2) is 42.0 Å². The number of hydrogen-bond donors (Lipinski definition) is 2. The Labute approximate surface area is 191 Å². The quantitative estimate of drug-likeness (QED) is 0.338. The van der Waals surface area contributed by atoms with Gasteiger partial charge in [-0.25, -0.2) is 0 Å². The lowest BCUT2D eigenvalue weighted by Gasteiger charge is -2.25. The molecular formula is C24H26ClNO6. The van der Waals surface area contributed by atoms with Gasteiger partial charge in [0.2, 0.25) is 0 Å². The van der Waals surface area contributed by atoms with Gasteiger partial charge in [0, 0.05) is 12.1 Å². The van der Waals surface area contributed by atoms with Gasteiger partial charge in [0.05, 0.1) is 29.9 Å². The fraction of sp³-hybridized carbons (Fsp3) is 0.333. The van der Waals surface area contributed by atoms with E-state index in [1.807, 2.05) is 6.92 Å². The molecule has 32 heavy (non-hydrogen) atoms. The summed E-state index contributed by atoms with van der Waals surface area (Å²) >= 11 is 6.15. The molecule has 2 aromatic carbocycles. The zero-order valence-corrected chi connectivity index (χ0v) is 19.0. The number of carbonyl (C=O) groups is 2. The fourth-order valence-electron chi connectivity index (χ4n) is 3.74. The molecule has 0 saturated carbocycles. The van der Waals surface area contributed by atoms with E-state index in [1.165, 1.54) is 17.0 Å². The maximum Gasteiger partial charge on any atom is 0.295 e. The predicted molar refractivity (Wildman–Crippen MR) is 121 cm³/mol. The van der Waals surface area contributed by atoms with E-state index >= 15 is 0 Å². The molecule has 7 nitrogen and oxygen atoms in total. The number of halogens is 1. The number of likely N-dealkylation sites (tertiary alicyclic amines) is 1. The van der Waals surface area contributed by atoms with Gasteiger partial charge in [-0.15, -0.1) is 0 Å². The van der Waals surface area contributed by atoms with Gasteiger partial charge in [-0.3, -0.25) is 9.59 Å². The van der Waals surface area contributed by atoms with Gasteiger partial charge in [-0.05, 0) is 56.2 Å². The Hall–Kier alpha value is -3.19. The number of aliphatic hydroxyl groups is 1. The van der Waals surface area contributed by atoms with Crippen molar-refractivity contribution in [2.75, 3.05) is 19.8 Å². The summed E-state index contributed by atoms with van der Waals surface area (Å²) in [6.45, 7) is 6.51. The molecule has 0 radical (unpaired) electrons. The van der Waals surface area contributed by atoms with Gasteiger partial charge in [0.25, 0.3) is 11.7 Å². The summed E-state index contributed by atoms with van der Waals surface area (Å²) in [4.78, 5) is 27.3. The van der Waals surface area contributed by atoms with Crippen LogP contribution >= 0.6 is 11.6 Å². The minimum Gasteiger partial charge on any atom is -0.507 e. The van der Waals surface area contributed by atoms with Gasteiger partial charge in [0.15, 0.2) is 11.5 Å². The smallest absolute Gasteiger partial charge is 0.295 e. The third kappa shape index (κ3) is 4.39. The van der Waals surface area contributed by atoms with Crippen molar-refractivity contribution in [1.29, 1.82) is 0 Å². The molecule has 1 heterocycles. The Balaban J connectivity index is 2.20. The summed E-state index contributed by atoms with van der Waals surface area (Å²) in [5.74, 6) is -1.25. The van der Waals surface area contributed by atoms with E-state index in [-0.39, 0.29) is 22.8 Å². The van der Waals surface area contributed by atoms with Crippen LogP contribution in [0.3, 0.4) is 0 Å². The van der Waals surface area contributed by atoms with Crippen molar-refractivity contribution < 1.29 is 29.3 Å². The molecule has 3 rings (SSSR count). The van der Waals surface area contributed by atoms with E-state index in [0.717, 1.165) is 0 Å². The summed E-state index contributed by atoms with van der Waals surface area (Å²) in [5.41, 5.74) is 0.807. The van der Waals surface area contributed by atoms with E-state index in [2.05, 4.69) is 0 Å². The molecule has 170 valence electrons. The van der Waals surface area contributed by atoms with Crippen molar-refractivity contribution >= 4 is 29.1 Å². The summed E-state index contributed by atoms with van der Waals surface area (Å²) in [6, 6.07) is 8.47. The second-order valence-electron chi connectivity index (χ2n) is 7.23. The number of carbonyl (C=O) groups excluding carboxylic acids is 2. The second kappa shape index (κ2) is 9.96. The first-order valence-electron chi connectivity index (χ1n) is 10.5. The number of phenolic OH excluding ortho intramolecular Hbond substituents is 1. The van der Waals surface area contributed by atoms with E-state index in [0.29, 0.717) is 48.1 Å². The lowest BCUT2D eigenvalue weighted by molar-refractivity contribution is -0.139. The molecule has 1 aliphatic rings. The number of hydrogen-bond acceptors (Lipinski definition) is 6. The lowest BCUT2D eigenvalue weighted by atomic mass is 9.95. The second-order valence-corrected chi connectivity index (χ2v) is 7.64. The molecule has 1 aliphatic heterocycles. The number of benzene rings is 2. The molecule has 1 saturated heterocycles. The van der Waals surface area contributed by atoms with E-state index in [9.17, 15) is 19.8 Å². The topological polar surface area (TPSA) is 96.3 Å². The first-order valence-corrected chi connectivity index (χ1v) is 10.9. The maximum atomic E-state index is 13.0. The minimum atomic E-state index is -0.832. The standard InChI is InChI=1S/C24H26ClNO6/c1-4-11-26-21(14-8-10-17(27)19(12-14)32-6-3)20(23(29)24(26)30)22(28)15-7-9-16(25)18(13-15)31-5-2/h7-10,12-13,21,27-28H,4-6,11H2,1-3H3/b22-20-. The Morgan fingerprint density at radius 2 is 1.72 bits per heavy atom. The predicted octanol–water partition coefficient (Wildman–Crippen LogP) is 4.67. The van der Waals surface area contributed by atoms with Crippen LogP contribution in [0.25, 0.3) is 5.76 Å². The molecule has 1 unspecified atom stereocenters. The van der Waals surface area contributed by atoms with Crippen molar-refractivity contribution in [3.05, 3.63) is 58.1 Å². The lowest BCUT2D eigenvalue weighted by Crippen LogP contribution is -2.30. The monoisotopic (exact) mass is 459 g/mol. The third-order valence-corrected chi connectivity index (χ3v) is 5.42. The average Bonchev–Trinajstić information content (AvgIpc) is 3.02. The number of nitrogens with zero attached hydrogens (tertiary/aromatic N) is 1. The van der Waals surface area contributed by atoms with Gasteiger partial charge in [0.1, 0.15) is 11.5 Å². The zero-order chi connectivity index (χ0) is 23.4. The first kappa shape index (κ1) is 23.5. The first-order chi connectivity index (χ1) is 15.3. The number of Topliss-reactive ketones (excluding diaryl/α,β-unsaturated/α-hetero) is 1.